The van der Waals surface area contributed by atoms with Gasteiger partial charge in [0.25, 0.3) is 5.91 Å². The molecule has 168 valence electrons. The number of hydrogen-bond acceptors (Lipinski definition) is 5. The minimum absolute atomic E-state index is 0.164. The molecule has 5 rings (SSSR count). The second-order valence-electron chi connectivity index (χ2n) is 7.63. The number of benzene rings is 2. The highest BCUT2D eigenvalue weighted by Crippen LogP contribution is 2.28. The van der Waals surface area contributed by atoms with Gasteiger partial charge in [-0.3, -0.25) is 9.78 Å². The minimum atomic E-state index is -0.164. The molecule has 0 saturated heterocycles. The van der Waals surface area contributed by atoms with Gasteiger partial charge in [-0.2, -0.15) is 5.10 Å². The van der Waals surface area contributed by atoms with E-state index in [0.29, 0.717) is 24.4 Å². The number of carbonyl (C=O) groups excluding carboxylic acids is 1. The Bertz CT molecular complexity index is 1350. The largest absolute Gasteiger partial charge is 0.489 e. The van der Waals surface area contributed by atoms with E-state index in [1.807, 2.05) is 84.2 Å². The third-order valence-corrected chi connectivity index (χ3v) is 6.12. The second kappa shape index (κ2) is 10.1. The molecular weight excluding hydrogens is 444 g/mol. The van der Waals surface area contributed by atoms with Crippen molar-refractivity contribution in [3.05, 3.63) is 120 Å². The first-order valence-electron chi connectivity index (χ1n) is 10.8. The maximum absolute atomic E-state index is 13.1. The zero-order valence-electron chi connectivity index (χ0n) is 18.3. The van der Waals surface area contributed by atoms with Gasteiger partial charge in [-0.15, -0.1) is 11.3 Å². The van der Waals surface area contributed by atoms with Gasteiger partial charge in [0.05, 0.1) is 16.1 Å². The maximum atomic E-state index is 13.1. The third kappa shape index (κ3) is 5.05. The Morgan fingerprint density at radius 3 is 2.53 bits per heavy atom. The molecule has 0 aliphatic heterocycles. The molecule has 0 bridgehead atoms. The van der Waals surface area contributed by atoms with Crippen molar-refractivity contribution >= 4 is 17.2 Å². The summed E-state index contributed by atoms with van der Waals surface area (Å²) in [5.74, 6) is 0.602. The van der Waals surface area contributed by atoms with Crippen LogP contribution in [-0.4, -0.2) is 20.7 Å². The lowest BCUT2D eigenvalue weighted by Crippen LogP contribution is -2.22. The second-order valence-corrected chi connectivity index (χ2v) is 8.57. The van der Waals surface area contributed by atoms with E-state index in [1.165, 1.54) is 0 Å². The molecule has 0 aliphatic rings. The summed E-state index contributed by atoms with van der Waals surface area (Å²) in [5.41, 5.74) is 4.12. The Hall–Kier alpha value is -4.23. The van der Waals surface area contributed by atoms with E-state index in [4.69, 9.17) is 9.84 Å². The Labute approximate surface area is 201 Å². The SMILES string of the molecule is O=C(NCc1ccc(OCc2cccnc2)cc1)c1cn(-c2ccccc2)nc1-c1cccs1. The first-order chi connectivity index (χ1) is 16.8. The molecule has 2 aromatic carbocycles. The lowest BCUT2D eigenvalue weighted by Gasteiger charge is -2.08. The van der Waals surface area contributed by atoms with Crippen molar-refractivity contribution in [3.8, 4) is 22.0 Å². The van der Waals surface area contributed by atoms with Crippen LogP contribution in [0.2, 0.25) is 0 Å². The lowest BCUT2D eigenvalue weighted by atomic mass is 10.2. The molecule has 0 saturated carbocycles. The number of rotatable bonds is 8. The predicted molar refractivity (Wildman–Crippen MR) is 133 cm³/mol. The van der Waals surface area contributed by atoms with Crippen molar-refractivity contribution in [2.24, 2.45) is 0 Å². The minimum Gasteiger partial charge on any atom is -0.489 e. The van der Waals surface area contributed by atoms with Crippen molar-refractivity contribution in [1.29, 1.82) is 0 Å². The zero-order chi connectivity index (χ0) is 23.2. The van der Waals surface area contributed by atoms with Crippen LogP contribution in [0.4, 0.5) is 0 Å². The summed E-state index contributed by atoms with van der Waals surface area (Å²) in [6.07, 6.45) is 5.31. The summed E-state index contributed by atoms with van der Waals surface area (Å²) in [4.78, 5) is 18.2. The number of carbonyl (C=O) groups is 1. The van der Waals surface area contributed by atoms with E-state index in [2.05, 4.69) is 10.3 Å². The molecule has 0 radical (unpaired) electrons. The van der Waals surface area contributed by atoms with Gasteiger partial charge in [-0.05, 0) is 47.3 Å². The number of nitrogens with zero attached hydrogens (tertiary/aromatic N) is 3. The molecule has 0 fully saturated rings. The fourth-order valence-corrected chi connectivity index (χ4v) is 4.20. The molecule has 34 heavy (non-hydrogen) atoms. The number of para-hydroxylation sites is 1. The van der Waals surface area contributed by atoms with Gasteiger partial charge in [0.15, 0.2) is 0 Å². The maximum Gasteiger partial charge on any atom is 0.255 e. The number of aromatic nitrogens is 3. The fourth-order valence-electron chi connectivity index (χ4n) is 3.48. The van der Waals surface area contributed by atoms with Gasteiger partial charge in [0.2, 0.25) is 0 Å². The smallest absolute Gasteiger partial charge is 0.255 e. The van der Waals surface area contributed by atoms with Crippen LogP contribution in [0.15, 0.2) is 103 Å². The molecule has 3 aromatic heterocycles. The first-order valence-corrected chi connectivity index (χ1v) is 11.7. The van der Waals surface area contributed by atoms with Gasteiger partial charge in [0.1, 0.15) is 18.1 Å². The Morgan fingerprint density at radius 2 is 1.79 bits per heavy atom. The van der Waals surface area contributed by atoms with Gasteiger partial charge in [-0.25, -0.2) is 4.68 Å². The molecule has 3 heterocycles. The van der Waals surface area contributed by atoms with E-state index >= 15 is 0 Å². The van der Waals surface area contributed by atoms with Crippen molar-refractivity contribution in [2.45, 2.75) is 13.2 Å². The Balaban J connectivity index is 1.26. The fraction of sp³-hybridized carbons (Fsp3) is 0.0741. The van der Waals surface area contributed by atoms with Crippen LogP contribution in [-0.2, 0) is 13.2 Å². The average Bonchev–Trinajstić information content (AvgIpc) is 3.58. The van der Waals surface area contributed by atoms with Crippen molar-refractivity contribution in [3.63, 3.8) is 0 Å². The van der Waals surface area contributed by atoms with E-state index in [1.54, 1.807) is 34.6 Å². The first kappa shape index (κ1) is 21.6. The van der Waals surface area contributed by atoms with Crippen LogP contribution in [0.3, 0.4) is 0 Å². The molecule has 0 aliphatic carbocycles. The number of pyridine rings is 1. The van der Waals surface area contributed by atoms with Crippen LogP contribution in [0.5, 0.6) is 5.75 Å². The Kier molecular flexibility index (Phi) is 6.45. The highest BCUT2D eigenvalue weighted by Gasteiger charge is 2.19. The Morgan fingerprint density at radius 1 is 0.941 bits per heavy atom. The molecule has 0 unspecified atom stereocenters. The highest BCUT2D eigenvalue weighted by molar-refractivity contribution is 7.13. The van der Waals surface area contributed by atoms with Crippen LogP contribution in [0.1, 0.15) is 21.5 Å². The molecular formula is C27H22N4O2S. The van der Waals surface area contributed by atoms with Gasteiger partial charge in [0, 0.05) is 30.7 Å². The normalized spacial score (nSPS) is 10.7. The molecule has 1 N–H and O–H groups in total. The summed E-state index contributed by atoms with van der Waals surface area (Å²) in [5, 5.41) is 9.71. The quantitative estimate of drug-likeness (QED) is 0.328. The highest BCUT2D eigenvalue weighted by atomic mass is 32.1. The number of ether oxygens (including phenoxy) is 1. The van der Waals surface area contributed by atoms with E-state index < -0.39 is 0 Å². The van der Waals surface area contributed by atoms with Crippen LogP contribution in [0, 0.1) is 0 Å². The third-order valence-electron chi connectivity index (χ3n) is 5.24. The van der Waals surface area contributed by atoms with Gasteiger partial charge >= 0.3 is 0 Å². The van der Waals surface area contributed by atoms with Crippen molar-refractivity contribution < 1.29 is 9.53 Å². The predicted octanol–water partition coefficient (Wildman–Crippen LogP) is 5.50. The number of thiophene rings is 1. The van der Waals surface area contributed by atoms with Gasteiger partial charge in [-0.1, -0.05) is 42.5 Å². The van der Waals surface area contributed by atoms with Crippen LogP contribution < -0.4 is 10.1 Å². The summed E-state index contributed by atoms with van der Waals surface area (Å²) < 4.78 is 7.55. The number of hydrogen-bond donors (Lipinski definition) is 1. The molecule has 0 spiro atoms. The van der Waals surface area contributed by atoms with Crippen LogP contribution >= 0.6 is 11.3 Å². The number of amides is 1. The van der Waals surface area contributed by atoms with E-state index in [0.717, 1.165) is 27.4 Å². The zero-order valence-corrected chi connectivity index (χ0v) is 19.1. The summed E-state index contributed by atoms with van der Waals surface area (Å²) in [7, 11) is 0. The van der Waals surface area contributed by atoms with Crippen molar-refractivity contribution in [1.82, 2.24) is 20.1 Å². The molecule has 0 atom stereocenters. The molecule has 5 aromatic rings. The number of nitrogens with one attached hydrogen (secondary N) is 1. The summed E-state index contributed by atoms with van der Waals surface area (Å²) in [6, 6.07) is 25.3. The standard InChI is InChI=1S/C27H22N4O2S/c32-27(29-17-20-10-12-23(13-11-20)33-19-21-6-4-14-28-16-21)24-18-31(22-7-2-1-3-8-22)30-26(24)25-9-5-15-34-25/h1-16,18H,17,19H2,(H,29,32). The van der Waals surface area contributed by atoms with Crippen molar-refractivity contribution in [2.75, 3.05) is 0 Å². The summed E-state index contributed by atoms with van der Waals surface area (Å²) in [6.45, 7) is 0.864. The van der Waals surface area contributed by atoms with E-state index in [-0.39, 0.29) is 5.91 Å². The molecule has 7 heteroatoms. The molecule has 6 nitrogen and oxygen atoms in total. The average molecular weight is 467 g/mol. The van der Waals surface area contributed by atoms with Gasteiger partial charge < -0.3 is 10.1 Å². The summed E-state index contributed by atoms with van der Waals surface area (Å²) >= 11 is 1.56. The van der Waals surface area contributed by atoms with E-state index in [9.17, 15) is 4.79 Å². The monoisotopic (exact) mass is 466 g/mol. The molecule has 1 amide bonds. The lowest BCUT2D eigenvalue weighted by molar-refractivity contribution is 0.0951. The van der Waals surface area contributed by atoms with Crippen LogP contribution in [0.25, 0.3) is 16.3 Å². The topological polar surface area (TPSA) is 69.0 Å².